The van der Waals surface area contributed by atoms with Crippen LogP contribution in [0.5, 0.6) is 0 Å². The molecule has 3 nitrogen and oxygen atoms in total. The van der Waals surface area contributed by atoms with E-state index in [9.17, 15) is 0 Å². The van der Waals surface area contributed by atoms with Crippen LogP contribution in [0.15, 0.2) is 170 Å². The second kappa shape index (κ2) is 12.4. The van der Waals surface area contributed by atoms with Gasteiger partial charge in [0.25, 0.3) is 0 Å². The van der Waals surface area contributed by atoms with Gasteiger partial charge in [-0.25, -0.2) is 0 Å². The lowest BCUT2D eigenvalue weighted by atomic mass is 9.35. The van der Waals surface area contributed by atoms with Crippen LogP contribution in [0.3, 0.4) is 0 Å². The summed E-state index contributed by atoms with van der Waals surface area (Å²) >= 11 is 0. The Bertz CT molecular complexity index is 3440. The number of hydrogen-bond acceptors (Lipinski definition) is 0. The lowest BCUT2D eigenvalue weighted by Crippen LogP contribution is -2.55. The maximum absolute atomic E-state index is 2.55. The minimum Gasteiger partial charge on any atom is -0.310 e. The van der Waals surface area contributed by atoms with Gasteiger partial charge in [0, 0.05) is 43.7 Å². The summed E-state index contributed by atoms with van der Waals surface area (Å²) in [5.41, 5.74) is 17.8. The second-order valence-corrected chi connectivity index (χ2v) is 19.0. The first-order chi connectivity index (χ1) is 29.1. The number of rotatable bonds is 3. The number of benzene rings is 8. The summed E-state index contributed by atoms with van der Waals surface area (Å²) in [5, 5.41) is 7.74. The Kier molecular flexibility index (Phi) is 7.26. The number of nitrogens with zero attached hydrogens (tertiary/aromatic N) is 3. The molecular weight excluding hydrogens is 725 g/mol. The monoisotopic (exact) mass is 771 g/mol. The van der Waals surface area contributed by atoms with E-state index in [1.165, 1.54) is 110 Å². The molecule has 60 heavy (non-hydrogen) atoms. The Morgan fingerprint density at radius 2 is 0.867 bits per heavy atom. The first-order valence-electron chi connectivity index (χ1n) is 21.4. The van der Waals surface area contributed by atoms with Gasteiger partial charge in [-0.1, -0.05) is 150 Å². The Morgan fingerprint density at radius 1 is 0.367 bits per heavy atom. The normalized spacial score (nSPS) is 13.1. The van der Waals surface area contributed by atoms with Crippen LogP contribution in [-0.4, -0.2) is 20.4 Å². The topological polar surface area (TPSA) is 14.8 Å². The highest BCUT2D eigenvalue weighted by Gasteiger charge is 2.35. The summed E-state index contributed by atoms with van der Waals surface area (Å²) in [7, 11) is 0. The number of para-hydroxylation sites is 4. The number of hydrogen-bond donors (Lipinski definition) is 0. The van der Waals surface area contributed by atoms with Crippen molar-refractivity contribution in [1.29, 1.82) is 0 Å². The van der Waals surface area contributed by atoms with Gasteiger partial charge in [0.1, 0.15) is 0 Å². The molecule has 4 heteroatoms. The van der Waals surface area contributed by atoms with Gasteiger partial charge in [-0.05, 0) is 99.6 Å². The molecule has 0 saturated carbocycles. The van der Waals surface area contributed by atoms with Gasteiger partial charge in [0.05, 0.1) is 38.8 Å². The summed E-state index contributed by atoms with van der Waals surface area (Å²) in [6.45, 7) is 14.0. The van der Waals surface area contributed by atoms with Crippen LogP contribution in [-0.2, 0) is 10.8 Å². The van der Waals surface area contributed by atoms with Crippen molar-refractivity contribution < 1.29 is 0 Å². The van der Waals surface area contributed by atoms with Gasteiger partial charge in [-0.15, -0.1) is 0 Å². The largest absolute Gasteiger partial charge is 0.310 e. The summed E-state index contributed by atoms with van der Waals surface area (Å²) in [5.74, 6) is 0. The van der Waals surface area contributed by atoms with E-state index in [0.717, 1.165) is 0 Å². The van der Waals surface area contributed by atoms with E-state index in [1.807, 2.05) is 0 Å². The van der Waals surface area contributed by atoms with Crippen LogP contribution >= 0.6 is 0 Å². The second-order valence-electron chi connectivity index (χ2n) is 19.0. The summed E-state index contributed by atoms with van der Waals surface area (Å²) in [6.07, 6.45) is 0. The van der Waals surface area contributed by atoms with Crippen LogP contribution < -0.4 is 16.4 Å². The average Bonchev–Trinajstić information content (AvgIpc) is 3.90. The summed E-state index contributed by atoms with van der Waals surface area (Å²) in [6, 6.07) is 64.1. The van der Waals surface area contributed by atoms with Gasteiger partial charge in [0.15, 0.2) is 0 Å². The van der Waals surface area contributed by atoms with Crippen LogP contribution in [0, 0.1) is 0 Å². The zero-order valence-corrected chi connectivity index (χ0v) is 35.1. The minimum atomic E-state index is 0.0354. The van der Waals surface area contributed by atoms with Crippen molar-refractivity contribution in [2.45, 2.75) is 52.4 Å². The number of fused-ring (bicyclic) bond motifs is 11. The van der Waals surface area contributed by atoms with Crippen molar-refractivity contribution in [1.82, 2.24) is 13.7 Å². The van der Waals surface area contributed by atoms with E-state index in [0.29, 0.717) is 0 Å². The predicted molar refractivity (Wildman–Crippen MR) is 258 cm³/mol. The molecule has 0 spiro atoms. The average molecular weight is 772 g/mol. The quantitative estimate of drug-likeness (QED) is 0.159. The summed E-state index contributed by atoms with van der Waals surface area (Å²) < 4.78 is 7.51. The molecule has 0 saturated heterocycles. The molecule has 1 aliphatic heterocycles. The molecule has 0 bridgehead atoms. The van der Waals surface area contributed by atoms with E-state index < -0.39 is 0 Å². The SMILES string of the molecule is CC(C)(C)c1ccc2c(c1)c1cc(C(C)(C)C)ccc1n2-c1ccc2c3c1c1ccccc1n3-c1ccccc1B2c1ccc(-n2c3ccccc3c3ccccc32)cc1. The van der Waals surface area contributed by atoms with E-state index in [1.54, 1.807) is 0 Å². The predicted octanol–water partition coefficient (Wildman–Crippen LogP) is 12.4. The van der Waals surface area contributed by atoms with Gasteiger partial charge in [-0.2, -0.15) is 0 Å². The van der Waals surface area contributed by atoms with E-state index in [2.05, 4.69) is 225 Å². The van der Waals surface area contributed by atoms with Crippen molar-refractivity contribution in [3.05, 3.63) is 181 Å². The fourth-order valence-corrected chi connectivity index (χ4v) is 10.5. The van der Waals surface area contributed by atoms with E-state index >= 15 is 0 Å². The molecule has 4 heterocycles. The molecule has 0 unspecified atom stereocenters. The fourth-order valence-electron chi connectivity index (χ4n) is 10.5. The lowest BCUT2D eigenvalue weighted by Gasteiger charge is -2.28. The van der Waals surface area contributed by atoms with Gasteiger partial charge >= 0.3 is 0 Å². The molecule has 0 aliphatic carbocycles. The maximum atomic E-state index is 2.55. The molecular formula is C56H46BN3. The van der Waals surface area contributed by atoms with Crippen LogP contribution in [0.2, 0.25) is 0 Å². The van der Waals surface area contributed by atoms with E-state index in [4.69, 9.17) is 0 Å². The van der Waals surface area contributed by atoms with Crippen molar-refractivity contribution >= 4 is 88.5 Å². The highest BCUT2D eigenvalue weighted by Crippen LogP contribution is 2.42. The van der Waals surface area contributed by atoms with E-state index in [-0.39, 0.29) is 17.5 Å². The first kappa shape index (κ1) is 35.2. The van der Waals surface area contributed by atoms with Crippen molar-refractivity contribution in [3.63, 3.8) is 0 Å². The minimum absolute atomic E-state index is 0.0354. The zero-order chi connectivity index (χ0) is 40.7. The van der Waals surface area contributed by atoms with Crippen LogP contribution in [0.4, 0.5) is 0 Å². The highest BCUT2D eigenvalue weighted by atomic mass is 15.0. The lowest BCUT2D eigenvalue weighted by molar-refractivity contribution is 0.590. The third kappa shape index (κ3) is 4.91. The van der Waals surface area contributed by atoms with Crippen LogP contribution in [0.1, 0.15) is 52.7 Å². The third-order valence-electron chi connectivity index (χ3n) is 13.4. The zero-order valence-electron chi connectivity index (χ0n) is 35.1. The standard InChI is InChI=1S/C56H46BN3/c1-55(2,3)35-23-30-49-42(33-35)43-34-36(56(4,5)6)24-31-50(43)59(49)52-32-29-45-54-53(52)41-17-9-13-21-48(41)60(54)51-22-14-10-18-44(51)57(45)37-25-27-38(28-26-37)58-46-19-11-7-15-39(46)40-16-8-12-20-47(40)58/h7-34H,1-6H3. The first-order valence-corrected chi connectivity index (χ1v) is 21.4. The van der Waals surface area contributed by atoms with Gasteiger partial charge < -0.3 is 13.7 Å². The van der Waals surface area contributed by atoms with Crippen molar-refractivity contribution in [2.24, 2.45) is 0 Å². The van der Waals surface area contributed by atoms with Gasteiger partial charge in [-0.3, -0.25) is 0 Å². The molecule has 0 N–H and O–H groups in total. The highest BCUT2D eigenvalue weighted by molar-refractivity contribution is 6.98. The molecule has 0 atom stereocenters. The molecule has 8 aromatic carbocycles. The molecule has 288 valence electrons. The maximum Gasteiger partial charge on any atom is 0.246 e. The molecule has 12 rings (SSSR count). The molecule has 0 radical (unpaired) electrons. The molecule has 11 aromatic rings. The van der Waals surface area contributed by atoms with Crippen molar-refractivity contribution in [3.8, 4) is 17.1 Å². The van der Waals surface area contributed by atoms with Gasteiger partial charge in [0.2, 0.25) is 6.71 Å². The molecule has 0 fully saturated rings. The summed E-state index contributed by atoms with van der Waals surface area (Å²) in [4.78, 5) is 0. The van der Waals surface area contributed by atoms with Crippen molar-refractivity contribution in [2.75, 3.05) is 0 Å². The fraction of sp³-hybridized carbons (Fsp3) is 0.143. The Hall–Kier alpha value is -6.78. The Labute approximate surface area is 351 Å². The Morgan fingerprint density at radius 3 is 1.45 bits per heavy atom. The number of aromatic nitrogens is 3. The smallest absolute Gasteiger partial charge is 0.246 e. The third-order valence-corrected chi connectivity index (χ3v) is 13.4. The molecule has 0 amide bonds. The van der Waals surface area contributed by atoms with Crippen LogP contribution in [0.25, 0.3) is 82.5 Å². The Balaban J connectivity index is 1.12. The molecule has 1 aliphatic rings. The molecule has 3 aromatic heterocycles.